The molecule has 0 unspecified atom stereocenters. The quantitative estimate of drug-likeness (QED) is 0.344. The van der Waals surface area contributed by atoms with Gasteiger partial charge in [-0.2, -0.15) is 0 Å². The molecular formula is C22H22Cl2FNO5S. The monoisotopic (exact) mass is 501 g/mol. The number of nitrogens with one attached hydrogen (secondary N) is 1. The molecule has 3 rings (SSSR count). The second-order valence-corrected chi connectivity index (χ2v) is 9.65. The van der Waals surface area contributed by atoms with E-state index in [2.05, 4.69) is 5.32 Å². The number of ether oxygens (including phenoxy) is 1. The maximum Gasteiger partial charge on any atom is 0.306 e. The second-order valence-electron chi connectivity index (χ2n) is 7.59. The van der Waals surface area contributed by atoms with Gasteiger partial charge in [0.2, 0.25) is 0 Å². The molecular weight excluding hydrogens is 480 g/mol. The van der Waals surface area contributed by atoms with Crippen LogP contribution in [0.2, 0.25) is 9.36 Å². The van der Waals surface area contributed by atoms with Gasteiger partial charge < -0.3 is 15.2 Å². The Morgan fingerprint density at radius 3 is 2.47 bits per heavy atom. The predicted molar refractivity (Wildman–Crippen MR) is 121 cm³/mol. The molecule has 1 fully saturated rings. The number of ketones is 1. The van der Waals surface area contributed by atoms with E-state index in [1.54, 1.807) is 6.07 Å². The van der Waals surface area contributed by atoms with Crippen LogP contribution in [0.25, 0.3) is 0 Å². The number of hydrogen-bond acceptors (Lipinski definition) is 5. The number of thiophene rings is 1. The van der Waals surface area contributed by atoms with Crippen LogP contribution in [0.3, 0.4) is 0 Å². The summed E-state index contributed by atoms with van der Waals surface area (Å²) in [7, 11) is 0. The molecule has 6 nitrogen and oxygen atoms in total. The van der Waals surface area contributed by atoms with Crippen LogP contribution >= 0.6 is 34.5 Å². The molecule has 1 aromatic heterocycles. The van der Waals surface area contributed by atoms with E-state index in [0.717, 1.165) is 11.3 Å². The van der Waals surface area contributed by atoms with Crippen molar-refractivity contribution in [2.75, 3.05) is 6.54 Å². The van der Waals surface area contributed by atoms with Gasteiger partial charge in [-0.05, 0) is 50.3 Å². The molecule has 1 saturated carbocycles. The molecule has 1 heterocycles. The maximum atomic E-state index is 14.4. The number of rotatable bonds is 9. The van der Waals surface area contributed by atoms with Crippen LogP contribution in [-0.4, -0.2) is 35.4 Å². The summed E-state index contributed by atoms with van der Waals surface area (Å²) in [6.07, 6.45) is 2.50. The first-order valence-corrected chi connectivity index (χ1v) is 11.8. The molecule has 0 spiro atoms. The molecule has 1 amide bonds. The van der Waals surface area contributed by atoms with Gasteiger partial charge in [-0.1, -0.05) is 23.2 Å². The highest BCUT2D eigenvalue weighted by atomic mass is 35.5. The lowest BCUT2D eigenvalue weighted by Crippen LogP contribution is -2.27. The summed E-state index contributed by atoms with van der Waals surface area (Å²) < 4.78 is 20.6. The molecule has 0 atom stereocenters. The standard InChI is InChI=1S/C22H22Cl2FNO5S/c23-16-11-19(32-20(16)24)21(28)26-9-1-2-18(27)15-8-7-14(10-17(15)25)31-13-5-3-12(4-6-13)22(29)30/h7-8,10-13H,1-6,9H2,(H,26,28)(H,29,30). The van der Waals surface area contributed by atoms with Gasteiger partial charge in [0, 0.05) is 19.0 Å². The zero-order valence-electron chi connectivity index (χ0n) is 17.0. The first-order chi connectivity index (χ1) is 15.2. The van der Waals surface area contributed by atoms with Crippen LogP contribution in [0.1, 0.15) is 58.6 Å². The fraction of sp³-hybridized carbons (Fsp3) is 0.409. The summed E-state index contributed by atoms with van der Waals surface area (Å²) >= 11 is 12.7. The number of carboxylic acids is 1. The first-order valence-electron chi connectivity index (χ1n) is 10.2. The van der Waals surface area contributed by atoms with E-state index in [4.69, 9.17) is 33.0 Å². The lowest BCUT2D eigenvalue weighted by Gasteiger charge is -2.26. The molecule has 0 aliphatic heterocycles. The van der Waals surface area contributed by atoms with Crippen molar-refractivity contribution in [1.82, 2.24) is 5.32 Å². The van der Waals surface area contributed by atoms with Gasteiger partial charge in [0.25, 0.3) is 5.91 Å². The second kappa shape index (κ2) is 11.1. The zero-order chi connectivity index (χ0) is 23.3. The topological polar surface area (TPSA) is 92.7 Å². The van der Waals surface area contributed by atoms with Gasteiger partial charge in [-0.25, -0.2) is 4.39 Å². The SMILES string of the molecule is O=C(NCCCC(=O)c1ccc(OC2CCC(C(=O)O)CC2)cc1F)c1cc(Cl)c(Cl)s1. The molecule has 10 heteroatoms. The molecule has 1 aromatic carbocycles. The predicted octanol–water partition coefficient (Wildman–Crippen LogP) is 5.61. The number of aliphatic carboxylic acids is 1. The zero-order valence-corrected chi connectivity index (χ0v) is 19.4. The van der Waals surface area contributed by atoms with Crippen LogP contribution in [0.5, 0.6) is 5.75 Å². The van der Waals surface area contributed by atoms with Crippen LogP contribution in [0.4, 0.5) is 4.39 Å². The van der Waals surface area contributed by atoms with E-state index >= 15 is 0 Å². The molecule has 2 N–H and O–H groups in total. The van der Waals surface area contributed by atoms with Crippen LogP contribution in [0, 0.1) is 11.7 Å². The Bertz CT molecular complexity index is 985. The Morgan fingerprint density at radius 2 is 1.88 bits per heavy atom. The number of Topliss-reactive ketones (excluding diaryl/α,β-unsaturated/α-hetero) is 1. The van der Waals surface area contributed by atoms with Crippen molar-refractivity contribution in [2.24, 2.45) is 5.92 Å². The fourth-order valence-corrected chi connectivity index (χ4v) is 4.83. The highest BCUT2D eigenvalue weighted by Gasteiger charge is 2.27. The summed E-state index contributed by atoms with van der Waals surface area (Å²) in [4.78, 5) is 35.8. The number of carboxylic acid groups (broad SMARTS) is 1. The summed E-state index contributed by atoms with van der Waals surface area (Å²) in [5, 5.41) is 12.0. The highest BCUT2D eigenvalue weighted by molar-refractivity contribution is 7.18. The summed E-state index contributed by atoms with van der Waals surface area (Å²) in [6, 6.07) is 5.60. The van der Waals surface area contributed by atoms with E-state index in [-0.39, 0.29) is 42.2 Å². The summed E-state index contributed by atoms with van der Waals surface area (Å²) in [6.45, 7) is 0.250. The van der Waals surface area contributed by atoms with Crippen LogP contribution in [0.15, 0.2) is 24.3 Å². The third-order valence-corrected chi connectivity index (χ3v) is 7.17. The number of halogens is 3. The smallest absolute Gasteiger partial charge is 0.306 e. The number of hydrogen-bond donors (Lipinski definition) is 2. The molecule has 2 aromatic rings. The number of carbonyl (C=O) groups is 3. The third-order valence-electron chi connectivity index (χ3n) is 5.30. The van der Waals surface area contributed by atoms with Crippen molar-refractivity contribution in [3.05, 3.63) is 49.9 Å². The first kappa shape index (κ1) is 24.5. The van der Waals surface area contributed by atoms with E-state index in [1.165, 1.54) is 18.2 Å². The summed E-state index contributed by atoms with van der Waals surface area (Å²) in [5.74, 6) is -2.19. The Labute approximate surface area is 198 Å². The average Bonchev–Trinajstić information content (AvgIpc) is 3.10. The van der Waals surface area contributed by atoms with Crippen molar-refractivity contribution >= 4 is 52.2 Å². The normalized spacial score (nSPS) is 18.2. The van der Waals surface area contributed by atoms with Crippen molar-refractivity contribution in [3.63, 3.8) is 0 Å². The van der Waals surface area contributed by atoms with Gasteiger partial charge in [-0.3, -0.25) is 14.4 Å². The van der Waals surface area contributed by atoms with Gasteiger partial charge in [0.15, 0.2) is 5.78 Å². The number of benzene rings is 1. The Hall–Kier alpha value is -2.16. The molecule has 1 aliphatic rings. The molecule has 172 valence electrons. The minimum absolute atomic E-state index is 0.0323. The van der Waals surface area contributed by atoms with Crippen LogP contribution in [-0.2, 0) is 4.79 Å². The highest BCUT2D eigenvalue weighted by Crippen LogP contribution is 2.31. The number of amides is 1. The van der Waals surface area contributed by atoms with E-state index in [1.807, 2.05) is 0 Å². The number of carbonyl (C=O) groups excluding carboxylic acids is 2. The van der Waals surface area contributed by atoms with E-state index in [9.17, 15) is 18.8 Å². The third kappa shape index (κ3) is 6.43. The largest absolute Gasteiger partial charge is 0.490 e. The van der Waals surface area contributed by atoms with Crippen LogP contribution < -0.4 is 10.1 Å². The van der Waals surface area contributed by atoms with Crippen molar-refractivity contribution in [3.8, 4) is 5.75 Å². The molecule has 32 heavy (non-hydrogen) atoms. The van der Waals surface area contributed by atoms with Crippen molar-refractivity contribution < 1.29 is 28.6 Å². The Kier molecular flexibility index (Phi) is 8.51. The van der Waals surface area contributed by atoms with Gasteiger partial charge >= 0.3 is 5.97 Å². The summed E-state index contributed by atoms with van der Waals surface area (Å²) in [5.41, 5.74) is -0.0323. The Balaban J connectivity index is 1.44. The van der Waals surface area contributed by atoms with Gasteiger partial charge in [0.05, 0.1) is 27.5 Å². The van der Waals surface area contributed by atoms with E-state index < -0.39 is 11.8 Å². The molecule has 0 radical (unpaired) electrons. The Morgan fingerprint density at radius 1 is 1.16 bits per heavy atom. The van der Waals surface area contributed by atoms with Crippen molar-refractivity contribution in [1.29, 1.82) is 0 Å². The lowest BCUT2D eigenvalue weighted by atomic mass is 9.87. The molecule has 1 aliphatic carbocycles. The van der Waals surface area contributed by atoms with Gasteiger partial charge in [0.1, 0.15) is 15.9 Å². The maximum absolute atomic E-state index is 14.4. The minimum Gasteiger partial charge on any atom is -0.490 e. The fourth-order valence-electron chi connectivity index (χ4n) is 3.55. The average molecular weight is 502 g/mol. The molecule has 0 bridgehead atoms. The van der Waals surface area contributed by atoms with E-state index in [0.29, 0.717) is 52.1 Å². The van der Waals surface area contributed by atoms with Crippen molar-refractivity contribution in [2.45, 2.75) is 44.6 Å². The lowest BCUT2D eigenvalue weighted by molar-refractivity contribution is -0.143. The minimum atomic E-state index is -0.794. The van der Waals surface area contributed by atoms with Gasteiger partial charge in [-0.15, -0.1) is 11.3 Å². The molecule has 0 saturated heterocycles.